The van der Waals surface area contributed by atoms with Crippen LogP contribution in [-0.4, -0.2) is 68.6 Å². The molecule has 6 heteroatoms. The van der Waals surface area contributed by atoms with Crippen molar-refractivity contribution in [1.82, 2.24) is 4.44 Å². The quantitative estimate of drug-likeness (QED) is 0.381. The lowest BCUT2D eigenvalue weighted by atomic mass is 10.7. The molecular weight excluding hydrogens is 232 g/mol. The van der Waals surface area contributed by atoms with Gasteiger partial charge >= 0.3 is 0 Å². The average Bonchev–Trinajstić information content (AvgIpc) is 2.15. The fourth-order valence-electron chi connectivity index (χ4n) is 0.888. The molecule has 0 aliphatic rings. The second kappa shape index (κ2) is 9.41. The van der Waals surface area contributed by atoms with Crippen LogP contribution >= 0.6 is 15.4 Å². The first-order valence-corrected chi connectivity index (χ1v) is 8.57. The number of ether oxygens (including phenoxy) is 2. The van der Waals surface area contributed by atoms with Gasteiger partial charge in [0.05, 0.1) is 43.5 Å². The van der Waals surface area contributed by atoms with E-state index in [0.29, 0.717) is 26.6 Å². The van der Waals surface area contributed by atoms with Crippen LogP contribution in [0.3, 0.4) is 0 Å². The lowest BCUT2D eigenvalue weighted by Crippen LogP contribution is -2.15. The van der Waals surface area contributed by atoms with Gasteiger partial charge in [0.2, 0.25) is 15.4 Å². The highest BCUT2D eigenvalue weighted by Crippen LogP contribution is 2.36. The SMILES string of the molecule is C=[P+](C)N(COCCOCCO)[P+](=C)C. The van der Waals surface area contributed by atoms with Crippen molar-refractivity contribution in [2.24, 2.45) is 0 Å². The van der Waals surface area contributed by atoms with E-state index < -0.39 is 0 Å². The Morgan fingerprint density at radius 1 is 1.07 bits per heavy atom. The Bertz CT molecular complexity index is 198. The average molecular weight is 253 g/mol. The van der Waals surface area contributed by atoms with E-state index in [4.69, 9.17) is 14.6 Å². The third-order valence-corrected chi connectivity index (χ3v) is 5.24. The number of aliphatic hydroxyl groups excluding tert-OH is 1. The van der Waals surface area contributed by atoms with Gasteiger partial charge in [-0.1, -0.05) is 0 Å². The van der Waals surface area contributed by atoms with Crippen molar-refractivity contribution < 1.29 is 14.6 Å². The van der Waals surface area contributed by atoms with Crippen molar-refractivity contribution in [3.05, 3.63) is 0 Å². The summed E-state index contributed by atoms with van der Waals surface area (Å²) in [6.45, 7) is 6.24. The molecular formula is C9H21NO3P2+2. The highest BCUT2D eigenvalue weighted by Gasteiger charge is 2.24. The lowest BCUT2D eigenvalue weighted by Gasteiger charge is -2.06. The molecule has 0 rings (SSSR count). The first-order chi connectivity index (χ1) is 7.09. The molecule has 0 saturated heterocycles. The van der Waals surface area contributed by atoms with Crippen LogP contribution in [0, 0.1) is 0 Å². The summed E-state index contributed by atoms with van der Waals surface area (Å²) < 4.78 is 12.7. The lowest BCUT2D eigenvalue weighted by molar-refractivity contribution is 0.0229. The molecule has 0 fully saturated rings. The Hall–Kier alpha value is 0.180. The molecule has 4 nitrogen and oxygen atoms in total. The molecule has 0 bridgehead atoms. The Labute approximate surface area is 94.1 Å². The fourth-order valence-corrected chi connectivity index (χ4v) is 3.53. The number of hydrogen-bond acceptors (Lipinski definition) is 4. The second-order valence-corrected chi connectivity index (χ2v) is 6.97. The van der Waals surface area contributed by atoms with Crippen LogP contribution in [0.4, 0.5) is 0 Å². The van der Waals surface area contributed by atoms with Gasteiger partial charge in [-0.3, -0.25) is 0 Å². The molecule has 0 heterocycles. The van der Waals surface area contributed by atoms with Gasteiger partial charge in [-0.15, -0.1) is 0 Å². The van der Waals surface area contributed by atoms with Crippen molar-refractivity contribution in [1.29, 1.82) is 0 Å². The Morgan fingerprint density at radius 3 is 2.07 bits per heavy atom. The van der Waals surface area contributed by atoms with E-state index in [1.807, 2.05) is 0 Å². The molecule has 0 aliphatic heterocycles. The zero-order chi connectivity index (χ0) is 11.7. The van der Waals surface area contributed by atoms with E-state index in [-0.39, 0.29) is 22.0 Å². The largest absolute Gasteiger partial charge is 0.394 e. The van der Waals surface area contributed by atoms with E-state index in [0.717, 1.165) is 0 Å². The van der Waals surface area contributed by atoms with Crippen molar-refractivity contribution in [2.45, 2.75) is 0 Å². The van der Waals surface area contributed by atoms with E-state index in [2.05, 4.69) is 30.4 Å². The van der Waals surface area contributed by atoms with Crippen LogP contribution < -0.4 is 0 Å². The molecule has 15 heavy (non-hydrogen) atoms. The van der Waals surface area contributed by atoms with Crippen LogP contribution in [0.1, 0.15) is 0 Å². The summed E-state index contributed by atoms with van der Waals surface area (Å²) in [5.74, 6) is 0. The van der Waals surface area contributed by atoms with Crippen LogP contribution in [0.15, 0.2) is 0 Å². The Morgan fingerprint density at radius 2 is 1.60 bits per heavy atom. The minimum Gasteiger partial charge on any atom is -0.394 e. The third-order valence-electron chi connectivity index (χ3n) is 1.60. The normalized spacial score (nSPS) is 13.1. The standard InChI is InChI=1S/C9H21NO3P2/c1-14(2)10(15(3)4)9-13-8-7-12-6-5-11/h11H,1,3,5-9H2,2,4H3/q+2. The van der Waals surface area contributed by atoms with Crippen molar-refractivity contribution in [3.8, 4) is 0 Å². The highest BCUT2D eigenvalue weighted by atomic mass is 31.2. The fraction of sp³-hybridized carbons (Fsp3) is 0.778. The molecule has 0 aromatic heterocycles. The third kappa shape index (κ3) is 8.04. The number of nitrogens with zero attached hydrogens (tertiary/aromatic N) is 1. The van der Waals surface area contributed by atoms with Crippen LogP contribution in [0.2, 0.25) is 0 Å². The minimum atomic E-state index is -0.387. The van der Waals surface area contributed by atoms with E-state index in [1.54, 1.807) is 0 Å². The van der Waals surface area contributed by atoms with Crippen LogP contribution in [-0.2, 0) is 9.47 Å². The van der Waals surface area contributed by atoms with Gasteiger partial charge in [0.1, 0.15) is 13.3 Å². The van der Waals surface area contributed by atoms with Crippen LogP contribution in [0.5, 0.6) is 0 Å². The minimum absolute atomic E-state index is 0.0599. The van der Waals surface area contributed by atoms with E-state index in [1.165, 1.54) is 0 Å². The maximum Gasteiger partial charge on any atom is 0.221 e. The summed E-state index contributed by atoms with van der Waals surface area (Å²) in [5, 5.41) is 8.47. The van der Waals surface area contributed by atoms with Gasteiger partial charge in [0.15, 0.2) is 6.73 Å². The molecule has 0 aliphatic carbocycles. The predicted octanol–water partition coefficient (Wildman–Crippen LogP) is 1.19. The molecule has 88 valence electrons. The predicted molar refractivity (Wildman–Crippen MR) is 70.5 cm³/mol. The molecule has 0 aromatic rings. The summed E-state index contributed by atoms with van der Waals surface area (Å²) >= 11 is 0. The summed E-state index contributed by atoms with van der Waals surface area (Å²) in [4.78, 5) is 0. The van der Waals surface area contributed by atoms with Gasteiger partial charge in [-0.25, -0.2) is 0 Å². The Kier molecular flexibility index (Phi) is 9.52. The first-order valence-electron chi connectivity index (χ1n) is 4.71. The molecule has 2 atom stereocenters. The van der Waals surface area contributed by atoms with Gasteiger partial charge < -0.3 is 14.6 Å². The van der Waals surface area contributed by atoms with Gasteiger partial charge in [-0.2, -0.15) is 0 Å². The summed E-state index contributed by atoms with van der Waals surface area (Å²) in [5.41, 5.74) is 0. The maximum absolute atomic E-state index is 8.47. The van der Waals surface area contributed by atoms with Crippen LogP contribution in [0.25, 0.3) is 0 Å². The molecule has 0 saturated carbocycles. The Balaban J connectivity index is 3.55. The number of rotatable bonds is 9. The zero-order valence-corrected chi connectivity index (χ0v) is 11.3. The smallest absolute Gasteiger partial charge is 0.221 e. The van der Waals surface area contributed by atoms with Gasteiger partial charge in [0, 0.05) is 0 Å². The van der Waals surface area contributed by atoms with Gasteiger partial charge in [0.25, 0.3) is 0 Å². The molecule has 0 amide bonds. The van der Waals surface area contributed by atoms with Crippen molar-refractivity contribution in [2.75, 3.05) is 46.5 Å². The zero-order valence-electron chi connectivity index (χ0n) is 9.56. The molecule has 1 N–H and O–H groups in total. The van der Waals surface area contributed by atoms with Crippen molar-refractivity contribution in [3.63, 3.8) is 0 Å². The molecule has 2 unspecified atom stereocenters. The first kappa shape index (κ1) is 15.2. The summed E-state index contributed by atoms with van der Waals surface area (Å²) in [6.07, 6.45) is 8.02. The maximum atomic E-state index is 8.47. The monoisotopic (exact) mass is 253 g/mol. The van der Waals surface area contributed by atoms with Gasteiger partial charge in [-0.05, 0) is 0 Å². The number of aliphatic hydroxyl groups is 1. The highest BCUT2D eigenvalue weighted by molar-refractivity contribution is 7.67. The summed E-state index contributed by atoms with van der Waals surface area (Å²) in [7, 11) is -0.774. The molecule has 0 radical (unpaired) electrons. The number of hydrogen-bond donors (Lipinski definition) is 1. The summed E-state index contributed by atoms with van der Waals surface area (Å²) in [6, 6.07) is 0. The van der Waals surface area contributed by atoms with Crippen molar-refractivity contribution >= 4 is 28.0 Å². The topological polar surface area (TPSA) is 41.9 Å². The molecule has 0 spiro atoms. The van der Waals surface area contributed by atoms with E-state index >= 15 is 0 Å². The molecule has 0 aromatic carbocycles. The van der Waals surface area contributed by atoms with E-state index in [9.17, 15) is 0 Å². The second-order valence-electron chi connectivity index (χ2n) is 3.06.